The Kier molecular flexibility index (Phi) is 13.6. The summed E-state index contributed by atoms with van der Waals surface area (Å²) in [7, 11) is -0.879. The van der Waals surface area contributed by atoms with Crippen LogP contribution in [0, 0.1) is 41.5 Å². The second kappa shape index (κ2) is 19.0. The normalized spacial score (nSPS) is 11.0. The summed E-state index contributed by atoms with van der Waals surface area (Å²) in [5.74, 6) is 1.86. The average molecular weight is 863 g/mol. The molecule has 0 aliphatic heterocycles. The Labute approximate surface area is 359 Å². The first-order valence-corrected chi connectivity index (χ1v) is 20.7. The van der Waals surface area contributed by atoms with Crippen molar-refractivity contribution in [2.75, 3.05) is 14.2 Å². The van der Waals surface area contributed by atoms with Gasteiger partial charge in [-0.3, -0.25) is 4.79 Å². The number of aryl methyl sites for hydroxylation is 6. The van der Waals surface area contributed by atoms with Crippen molar-refractivity contribution in [2.24, 2.45) is 0 Å². The molecule has 3 heterocycles. The number of carboxylic acid groups (broad SMARTS) is 1. The lowest BCUT2D eigenvalue weighted by Crippen LogP contribution is -2.31. The molecule has 15 heteroatoms. The molecule has 0 fully saturated rings. The number of sulfonamides is 1. The minimum absolute atomic E-state index is 0.0774. The van der Waals surface area contributed by atoms with Crippen LogP contribution in [0.25, 0.3) is 22.3 Å². The Balaban J connectivity index is 0.000000218. The van der Waals surface area contributed by atoms with Crippen LogP contribution in [0.4, 0.5) is 0 Å². The van der Waals surface area contributed by atoms with E-state index in [-0.39, 0.29) is 41.1 Å². The number of nitrogens with one attached hydrogen (secondary N) is 1. The van der Waals surface area contributed by atoms with E-state index >= 15 is 0 Å². The van der Waals surface area contributed by atoms with E-state index < -0.39 is 21.9 Å². The Morgan fingerprint density at radius 1 is 0.613 bits per heavy atom. The standard InChI is InChI=1S/C26H26N2O7S.C21H20O5/c1-15-12-22(32-5)10-11-23(15)19-6-8-21(9-7-19)33-14-20-13-24(34-17(20)3)26(29)28-36(30,31)25-16(2)27-35-18(25)4;1-13-10-18(24-3)8-9-19(13)15-4-6-17(7-5-15)25-12-16-11-20(21(22)23)26-14(16)2/h6-13H,14H2,1-5H3,(H,28,29);4-11H,12H2,1-3H3,(H,22,23). The number of carboxylic acids is 1. The number of methoxy groups -OCH3 is 2. The zero-order chi connectivity index (χ0) is 44.7. The number of benzene rings is 4. The fourth-order valence-electron chi connectivity index (χ4n) is 6.58. The van der Waals surface area contributed by atoms with Gasteiger partial charge in [0, 0.05) is 11.1 Å². The monoisotopic (exact) mass is 862 g/mol. The maximum absolute atomic E-state index is 12.6. The number of furan rings is 2. The largest absolute Gasteiger partial charge is 0.497 e. The molecule has 0 radical (unpaired) electrons. The quantitative estimate of drug-likeness (QED) is 0.105. The number of carbonyl (C=O) groups excluding carboxylic acids is 1. The number of nitrogens with zero attached hydrogens (tertiary/aromatic N) is 1. The number of amides is 1. The van der Waals surface area contributed by atoms with Gasteiger partial charge >= 0.3 is 11.9 Å². The SMILES string of the molecule is COc1ccc(-c2ccc(OCc3cc(C(=O)NS(=O)(=O)c4c(C)noc4C)oc3C)cc2)c(C)c1.COc1ccc(-c2ccc(OCc3cc(C(=O)O)oc3C)cc2)c(C)c1. The van der Waals surface area contributed by atoms with Gasteiger partial charge in [-0.05, 0) is 136 Å². The van der Waals surface area contributed by atoms with Crippen molar-refractivity contribution in [3.63, 3.8) is 0 Å². The smallest absolute Gasteiger partial charge is 0.371 e. The molecule has 0 bridgehead atoms. The average Bonchev–Trinajstić information content (AvgIpc) is 3.94. The van der Waals surface area contributed by atoms with Gasteiger partial charge in [0.25, 0.3) is 10.0 Å². The first-order valence-electron chi connectivity index (χ1n) is 19.2. The number of hydrogen-bond acceptors (Lipinski definition) is 12. The minimum atomic E-state index is -4.17. The fourth-order valence-corrected chi connectivity index (χ4v) is 7.87. The van der Waals surface area contributed by atoms with Crippen molar-refractivity contribution in [2.45, 2.75) is 59.7 Å². The van der Waals surface area contributed by atoms with Crippen LogP contribution in [0.3, 0.4) is 0 Å². The number of hydrogen-bond donors (Lipinski definition) is 2. The zero-order valence-electron chi connectivity index (χ0n) is 35.4. The lowest BCUT2D eigenvalue weighted by Gasteiger charge is -2.10. The van der Waals surface area contributed by atoms with E-state index in [1.807, 2.05) is 103 Å². The van der Waals surface area contributed by atoms with Crippen molar-refractivity contribution in [1.82, 2.24) is 9.88 Å². The summed E-state index contributed by atoms with van der Waals surface area (Å²) < 4.78 is 64.9. The maximum atomic E-state index is 12.6. The Bertz CT molecular complexity index is 2800. The Morgan fingerprint density at radius 3 is 1.44 bits per heavy atom. The Hall–Kier alpha value is -7.26. The fraction of sp³-hybridized carbons (Fsp3) is 0.213. The lowest BCUT2D eigenvalue weighted by atomic mass is 10.0. The van der Waals surface area contributed by atoms with Gasteiger partial charge in [0.15, 0.2) is 16.4 Å². The summed E-state index contributed by atoms with van der Waals surface area (Å²) in [4.78, 5) is 23.3. The predicted octanol–water partition coefficient (Wildman–Crippen LogP) is 9.72. The first-order chi connectivity index (χ1) is 29.6. The first kappa shape index (κ1) is 44.3. The van der Waals surface area contributed by atoms with E-state index in [4.69, 9.17) is 37.4 Å². The third kappa shape index (κ3) is 10.4. The molecular formula is C47H46N2O12S. The highest BCUT2D eigenvalue weighted by Crippen LogP contribution is 2.31. The highest BCUT2D eigenvalue weighted by molar-refractivity contribution is 7.90. The minimum Gasteiger partial charge on any atom is -0.497 e. The molecule has 4 aromatic carbocycles. The van der Waals surface area contributed by atoms with Gasteiger partial charge in [-0.1, -0.05) is 41.6 Å². The van der Waals surface area contributed by atoms with Crippen molar-refractivity contribution in [1.29, 1.82) is 0 Å². The van der Waals surface area contributed by atoms with Gasteiger partial charge in [-0.15, -0.1) is 0 Å². The van der Waals surface area contributed by atoms with E-state index in [9.17, 15) is 18.0 Å². The highest BCUT2D eigenvalue weighted by atomic mass is 32.2. The van der Waals surface area contributed by atoms with Crippen molar-refractivity contribution >= 4 is 21.9 Å². The molecule has 0 aliphatic rings. The zero-order valence-corrected chi connectivity index (χ0v) is 36.3. The van der Waals surface area contributed by atoms with E-state index in [0.717, 1.165) is 50.4 Å². The summed E-state index contributed by atoms with van der Waals surface area (Å²) >= 11 is 0. The molecule has 0 aliphatic carbocycles. The molecule has 0 saturated heterocycles. The van der Waals surface area contributed by atoms with Gasteiger partial charge in [0.2, 0.25) is 5.76 Å². The van der Waals surface area contributed by atoms with Crippen molar-refractivity contribution in [3.8, 4) is 45.3 Å². The molecule has 62 heavy (non-hydrogen) atoms. The molecule has 14 nitrogen and oxygen atoms in total. The van der Waals surface area contributed by atoms with Crippen LogP contribution < -0.4 is 23.7 Å². The van der Waals surface area contributed by atoms with Gasteiger partial charge in [0.05, 0.1) is 14.2 Å². The lowest BCUT2D eigenvalue weighted by molar-refractivity contribution is 0.0660. The second-order valence-electron chi connectivity index (χ2n) is 14.3. The van der Waals surface area contributed by atoms with E-state index in [0.29, 0.717) is 28.6 Å². The van der Waals surface area contributed by atoms with E-state index in [1.54, 1.807) is 28.1 Å². The van der Waals surface area contributed by atoms with Crippen LogP contribution in [0.15, 0.2) is 115 Å². The summed E-state index contributed by atoms with van der Waals surface area (Å²) in [5.41, 5.74) is 8.08. The van der Waals surface area contributed by atoms with Crippen molar-refractivity contribution < 1.29 is 55.4 Å². The van der Waals surface area contributed by atoms with Crippen LogP contribution in [0.5, 0.6) is 23.0 Å². The molecule has 7 rings (SSSR count). The van der Waals surface area contributed by atoms with Crippen LogP contribution in [-0.4, -0.2) is 44.8 Å². The number of aromatic carboxylic acids is 1. The molecule has 2 N–H and O–H groups in total. The van der Waals surface area contributed by atoms with Crippen LogP contribution >= 0.6 is 0 Å². The van der Waals surface area contributed by atoms with Gasteiger partial charge in [0.1, 0.15) is 53.4 Å². The summed E-state index contributed by atoms with van der Waals surface area (Å²) in [5, 5.41) is 12.6. The molecule has 1 amide bonds. The molecule has 0 spiro atoms. The number of ether oxygens (including phenoxy) is 4. The molecule has 0 atom stereocenters. The van der Waals surface area contributed by atoms with Gasteiger partial charge in [-0.25, -0.2) is 17.9 Å². The van der Waals surface area contributed by atoms with Gasteiger partial charge < -0.3 is 37.4 Å². The van der Waals surface area contributed by atoms with E-state index in [2.05, 4.69) is 5.16 Å². The molecular weight excluding hydrogens is 817 g/mol. The number of carbonyl (C=O) groups is 2. The third-order valence-electron chi connectivity index (χ3n) is 9.93. The topological polar surface area (TPSA) is 190 Å². The van der Waals surface area contributed by atoms with Crippen LogP contribution in [0.1, 0.15) is 66.3 Å². The second-order valence-corrected chi connectivity index (χ2v) is 15.9. The van der Waals surface area contributed by atoms with E-state index in [1.165, 1.54) is 26.0 Å². The molecule has 3 aromatic heterocycles. The predicted molar refractivity (Wildman–Crippen MR) is 229 cm³/mol. The van der Waals surface area contributed by atoms with Crippen LogP contribution in [0.2, 0.25) is 0 Å². The summed E-state index contributed by atoms with van der Waals surface area (Å²) in [6, 6.07) is 30.3. The summed E-state index contributed by atoms with van der Waals surface area (Å²) in [6.45, 7) is 10.8. The Morgan fingerprint density at radius 2 is 1.05 bits per heavy atom. The molecule has 322 valence electrons. The highest BCUT2D eigenvalue weighted by Gasteiger charge is 2.28. The molecule has 7 aromatic rings. The summed E-state index contributed by atoms with van der Waals surface area (Å²) in [6.07, 6.45) is 0. The number of aromatic nitrogens is 1. The maximum Gasteiger partial charge on any atom is 0.371 e. The van der Waals surface area contributed by atoms with Gasteiger partial charge in [-0.2, -0.15) is 0 Å². The third-order valence-corrected chi connectivity index (χ3v) is 11.5. The number of rotatable bonds is 14. The molecule has 0 saturated carbocycles. The van der Waals surface area contributed by atoms with Crippen molar-refractivity contribution in [3.05, 3.63) is 154 Å². The van der Waals surface area contributed by atoms with Crippen LogP contribution in [-0.2, 0) is 23.2 Å². The molecule has 0 unspecified atom stereocenters.